The number of aliphatic carboxylic acids is 1. The van der Waals surface area contributed by atoms with Crippen LogP contribution in [0.2, 0.25) is 0 Å². The summed E-state index contributed by atoms with van der Waals surface area (Å²) in [6, 6.07) is 6.39. The Bertz CT molecular complexity index is 456. The second-order valence-electron chi connectivity index (χ2n) is 6.52. The molecule has 2 N–H and O–H groups in total. The third kappa shape index (κ3) is 4.98. The summed E-state index contributed by atoms with van der Waals surface area (Å²) in [4.78, 5) is 18.0. The molecule has 5 heteroatoms. The standard InChI is InChI=1S/C17H27N3O2/c1-13(2)11-14(17(21)22)12-19-15-6-9-20(10-7-15)16-5-3-4-8-18-16/h3-5,8,13-15,19H,6-7,9-12H2,1-2H3,(H,21,22). The largest absolute Gasteiger partial charge is 0.481 e. The summed E-state index contributed by atoms with van der Waals surface area (Å²) in [5.41, 5.74) is 0. The molecule has 0 amide bonds. The number of aromatic nitrogens is 1. The van der Waals surface area contributed by atoms with Gasteiger partial charge in [0.2, 0.25) is 0 Å². The zero-order valence-corrected chi connectivity index (χ0v) is 13.5. The molecule has 1 unspecified atom stereocenters. The molecule has 0 bridgehead atoms. The van der Waals surface area contributed by atoms with Gasteiger partial charge in [0.1, 0.15) is 5.82 Å². The number of pyridine rings is 1. The minimum absolute atomic E-state index is 0.284. The molecular weight excluding hydrogens is 278 g/mol. The fraction of sp³-hybridized carbons (Fsp3) is 0.647. The number of carbonyl (C=O) groups is 1. The van der Waals surface area contributed by atoms with Gasteiger partial charge in [-0.25, -0.2) is 4.98 Å². The van der Waals surface area contributed by atoms with Crippen molar-refractivity contribution in [3.05, 3.63) is 24.4 Å². The van der Waals surface area contributed by atoms with Crippen LogP contribution in [0.5, 0.6) is 0 Å². The smallest absolute Gasteiger partial charge is 0.307 e. The van der Waals surface area contributed by atoms with Gasteiger partial charge < -0.3 is 15.3 Å². The summed E-state index contributed by atoms with van der Waals surface area (Å²) in [6.07, 6.45) is 4.62. The Morgan fingerprint density at radius 1 is 1.41 bits per heavy atom. The van der Waals surface area contributed by atoms with E-state index in [1.807, 2.05) is 24.4 Å². The number of piperidine rings is 1. The van der Waals surface area contributed by atoms with E-state index in [-0.39, 0.29) is 5.92 Å². The van der Waals surface area contributed by atoms with E-state index in [0.29, 0.717) is 18.5 Å². The normalized spacial score (nSPS) is 17.7. The molecule has 0 aliphatic carbocycles. The predicted molar refractivity (Wildman–Crippen MR) is 88.1 cm³/mol. The van der Waals surface area contributed by atoms with Crippen LogP contribution in [-0.4, -0.2) is 41.7 Å². The Balaban J connectivity index is 1.76. The van der Waals surface area contributed by atoms with Gasteiger partial charge in [-0.05, 0) is 37.3 Å². The van der Waals surface area contributed by atoms with Crippen LogP contribution < -0.4 is 10.2 Å². The lowest BCUT2D eigenvalue weighted by atomic mass is 9.96. The first-order valence-corrected chi connectivity index (χ1v) is 8.18. The Kier molecular flexibility index (Phi) is 6.19. The van der Waals surface area contributed by atoms with Gasteiger partial charge in [-0.2, -0.15) is 0 Å². The molecule has 0 saturated carbocycles. The van der Waals surface area contributed by atoms with Crippen LogP contribution in [0.3, 0.4) is 0 Å². The summed E-state index contributed by atoms with van der Waals surface area (Å²) in [6.45, 7) is 6.65. The lowest BCUT2D eigenvalue weighted by molar-refractivity contribution is -0.142. The predicted octanol–water partition coefficient (Wildman–Crippen LogP) is 2.39. The van der Waals surface area contributed by atoms with Crippen molar-refractivity contribution >= 4 is 11.8 Å². The number of nitrogens with one attached hydrogen (secondary N) is 1. The van der Waals surface area contributed by atoms with Gasteiger partial charge in [0.25, 0.3) is 0 Å². The maximum atomic E-state index is 11.3. The molecule has 2 heterocycles. The van der Waals surface area contributed by atoms with Crippen molar-refractivity contribution in [3.63, 3.8) is 0 Å². The average Bonchev–Trinajstić information content (AvgIpc) is 2.52. The molecule has 0 radical (unpaired) electrons. The second kappa shape index (κ2) is 8.13. The van der Waals surface area contributed by atoms with Gasteiger partial charge in [0.15, 0.2) is 0 Å². The number of carboxylic acid groups (broad SMARTS) is 1. The zero-order valence-electron chi connectivity index (χ0n) is 13.5. The third-order valence-corrected chi connectivity index (χ3v) is 4.23. The van der Waals surface area contributed by atoms with Crippen LogP contribution in [0.1, 0.15) is 33.1 Å². The van der Waals surface area contributed by atoms with Crippen LogP contribution in [-0.2, 0) is 4.79 Å². The number of hydrogen-bond donors (Lipinski definition) is 2. The summed E-state index contributed by atoms with van der Waals surface area (Å²) in [7, 11) is 0. The molecule has 22 heavy (non-hydrogen) atoms. The molecule has 1 fully saturated rings. The third-order valence-electron chi connectivity index (χ3n) is 4.23. The molecule has 1 aromatic rings. The van der Waals surface area contributed by atoms with Crippen molar-refractivity contribution in [1.82, 2.24) is 10.3 Å². The fourth-order valence-corrected chi connectivity index (χ4v) is 3.00. The van der Waals surface area contributed by atoms with Gasteiger partial charge in [0.05, 0.1) is 5.92 Å². The first-order chi connectivity index (χ1) is 10.6. The van der Waals surface area contributed by atoms with E-state index in [2.05, 4.69) is 29.0 Å². The minimum Gasteiger partial charge on any atom is -0.481 e. The van der Waals surface area contributed by atoms with Crippen molar-refractivity contribution in [2.24, 2.45) is 11.8 Å². The summed E-state index contributed by atoms with van der Waals surface area (Å²) >= 11 is 0. The first kappa shape index (κ1) is 16.7. The number of nitrogens with zero attached hydrogens (tertiary/aromatic N) is 2. The highest BCUT2D eigenvalue weighted by atomic mass is 16.4. The van der Waals surface area contributed by atoms with Gasteiger partial charge in [0, 0.05) is 31.9 Å². The second-order valence-corrected chi connectivity index (χ2v) is 6.52. The lowest BCUT2D eigenvalue weighted by Crippen LogP contribution is -2.45. The Hall–Kier alpha value is -1.62. The van der Waals surface area contributed by atoms with Crippen LogP contribution in [0.4, 0.5) is 5.82 Å². The van der Waals surface area contributed by atoms with Gasteiger partial charge in [-0.15, -0.1) is 0 Å². The van der Waals surface area contributed by atoms with Gasteiger partial charge in [-0.3, -0.25) is 4.79 Å². The number of carboxylic acids is 1. The van der Waals surface area contributed by atoms with Crippen LogP contribution in [0.25, 0.3) is 0 Å². The molecule has 1 aliphatic heterocycles. The van der Waals surface area contributed by atoms with Crippen molar-refractivity contribution in [2.45, 2.75) is 39.2 Å². The summed E-state index contributed by atoms with van der Waals surface area (Å²) in [5, 5.41) is 12.7. The molecule has 122 valence electrons. The number of hydrogen-bond acceptors (Lipinski definition) is 4. The Morgan fingerprint density at radius 3 is 2.68 bits per heavy atom. The molecular formula is C17H27N3O2. The molecule has 5 nitrogen and oxygen atoms in total. The summed E-state index contributed by atoms with van der Waals surface area (Å²) in [5.74, 6) is 0.471. The van der Waals surface area contributed by atoms with E-state index in [1.165, 1.54) is 0 Å². The highest BCUT2D eigenvalue weighted by molar-refractivity contribution is 5.70. The molecule has 0 aromatic carbocycles. The fourth-order valence-electron chi connectivity index (χ4n) is 3.00. The van der Waals surface area contributed by atoms with E-state index in [0.717, 1.165) is 38.2 Å². The zero-order chi connectivity index (χ0) is 15.9. The first-order valence-electron chi connectivity index (χ1n) is 8.18. The highest BCUT2D eigenvalue weighted by Gasteiger charge is 2.23. The molecule has 1 atom stereocenters. The monoisotopic (exact) mass is 305 g/mol. The maximum absolute atomic E-state index is 11.3. The molecule has 1 aliphatic rings. The SMILES string of the molecule is CC(C)CC(CNC1CCN(c2ccccn2)CC1)C(=O)O. The summed E-state index contributed by atoms with van der Waals surface area (Å²) < 4.78 is 0. The van der Waals surface area contributed by atoms with E-state index in [1.54, 1.807) is 0 Å². The average molecular weight is 305 g/mol. The van der Waals surface area contributed by atoms with Crippen molar-refractivity contribution < 1.29 is 9.90 Å². The molecule has 0 spiro atoms. The Morgan fingerprint density at radius 2 is 2.14 bits per heavy atom. The van der Waals surface area contributed by atoms with Crippen LogP contribution in [0.15, 0.2) is 24.4 Å². The van der Waals surface area contributed by atoms with E-state index < -0.39 is 5.97 Å². The van der Waals surface area contributed by atoms with Crippen LogP contribution in [0, 0.1) is 11.8 Å². The maximum Gasteiger partial charge on any atom is 0.307 e. The Labute approximate surface area is 132 Å². The van der Waals surface area contributed by atoms with Crippen LogP contribution >= 0.6 is 0 Å². The van der Waals surface area contributed by atoms with E-state index in [4.69, 9.17) is 0 Å². The van der Waals surface area contributed by atoms with Gasteiger partial charge in [-0.1, -0.05) is 19.9 Å². The molecule has 2 rings (SSSR count). The minimum atomic E-state index is -0.688. The lowest BCUT2D eigenvalue weighted by Gasteiger charge is -2.33. The van der Waals surface area contributed by atoms with Crippen molar-refractivity contribution in [3.8, 4) is 0 Å². The highest BCUT2D eigenvalue weighted by Crippen LogP contribution is 2.18. The molecule has 1 aromatic heterocycles. The van der Waals surface area contributed by atoms with Gasteiger partial charge >= 0.3 is 5.97 Å². The quantitative estimate of drug-likeness (QED) is 0.810. The van der Waals surface area contributed by atoms with Crippen molar-refractivity contribution in [1.29, 1.82) is 0 Å². The number of rotatable bonds is 7. The van der Waals surface area contributed by atoms with E-state index in [9.17, 15) is 9.90 Å². The van der Waals surface area contributed by atoms with E-state index >= 15 is 0 Å². The van der Waals surface area contributed by atoms with Crippen molar-refractivity contribution in [2.75, 3.05) is 24.5 Å². The number of anilines is 1. The topological polar surface area (TPSA) is 65.5 Å². The molecule has 1 saturated heterocycles.